The van der Waals surface area contributed by atoms with Gasteiger partial charge in [-0.3, -0.25) is 0 Å². The summed E-state index contributed by atoms with van der Waals surface area (Å²) < 4.78 is 9.69. The van der Waals surface area contributed by atoms with E-state index < -0.39 is 23.5 Å². The number of carboxylic acid groups (broad SMARTS) is 1. The summed E-state index contributed by atoms with van der Waals surface area (Å²) in [6.07, 6.45) is 2.91. The summed E-state index contributed by atoms with van der Waals surface area (Å²) in [5.41, 5.74) is -0.479. The van der Waals surface area contributed by atoms with Crippen LogP contribution in [-0.2, 0) is 14.3 Å². The maximum atomic E-state index is 11.6. The van der Waals surface area contributed by atoms with E-state index in [2.05, 4.69) is 16.6 Å². The molecule has 0 heterocycles. The quantitative estimate of drug-likeness (QED) is 0.336. The number of hydrogen-bond donors (Lipinski definition) is 2. The molecular weight excluding hydrogens is 326 g/mol. The summed E-state index contributed by atoms with van der Waals surface area (Å²) in [7, 11) is 0. The van der Waals surface area contributed by atoms with Crippen LogP contribution < -0.4 is 5.32 Å². The second-order valence-corrected chi connectivity index (χ2v) is 5.58. The number of hydrogen-bond acceptors (Lipinski definition) is 5. The van der Waals surface area contributed by atoms with Crippen LogP contribution in [-0.4, -0.2) is 41.4 Å². The SMILES string of the molecule is C=C(C)[C@H](NC(=O)OC(C)CCCCCCOC(=O)Cl)C(=O)O. The smallest absolute Gasteiger partial charge is 0.408 e. The highest BCUT2D eigenvalue weighted by atomic mass is 35.5. The van der Waals surface area contributed by atoms with Gasteiger partial charge < -0.3 is 19.9 Å². The fraction of sp³-hybridized carbons (Fsp3) is 0.667. The Hall–Kier alpha value is -1.76. The van der Waals surface area contributed by atoms with Gasteiger partial charge in [-0.2, -0.15) is 0 Å². The molecule has 0 bridgehead atoms. The van der Waals surface area contributed by atoms with Crippen molar-refractivity contribution in [3.63, 3.8) is 0 Å². The van der Waals surface area contributed by atoms with Gasteiger partial charge in [-0.15, -0.1) is 0 Å². The fourth-order valence-electron chi connectivity index (χ4n) is 1.83. The van der Waals surface area contributed by atoms with Gasteiger partial charge in [-0.05, 0) is 38.7 Å². The monoisotopic (exact) mass is 349 g/mol. The Bertz CT molecular complexity index is 412. The molecule has 0 aromatic rings. The molecule has 1 unspecified atom stereocenters. The number of ether oxygens (including phenoxy) is 2. The van der Waals surface area contributed by atoms with Gasteiger partial charge in [0.1, 0.15) is 6.10 Å². The number of amides is 1. The van der Waals surface area contributed by atoms with E-state index >= 15 is 0 Å². The maximum absolute atomic E-state index is 11.6. The Morgan fingerprint density at radius 1 is 1.22 bits per heavy atom. The van der Waals surface area contributed by atoms with Crippen LogP contribution in [0.1, 0.15) is 46.0 Å². The standard InChI is InChI=1S/C15H24ClNO6/c1-10(2)12(13(18)19)17-15(21)23-11(3)8-6-4-5-7-9-22-14(16)20/h11-12H,1,4-9H2,2-3H3,(H,17,21)(H,18,19)/t11?,12-/m0/s1. The first-order valence-corrected chi connectivity index (χ1v) is 7.79. The molecule has 0 spiro atoms. The maximum Gasteiger partial charge on any atom is 0.408 e. The van der Waals surface area contributed by atoms with Gasteiger partial charge in [0, 0.05) is 11.6 Å². The Morgan fingerprint density at radius 3 is 2.35 bits per heavy atom. The zero-order valence-electron chi connectivity index (χ0n) is 13.5. The van der Waals surface area contributed by atoms with Crippen molar-refractivity contribution >= 4 is 29.1 Å². The van der Waals surface area contributed by atoms with Gasteiger partial charge in [0.25, 0.3) is 0 Å². The van der Waals surface area contributed by atoms with Crippen molar-refractivity contribution in [2.75, 3.05) is 6.61 Å². The molecule has 0 rings (SSSR count). The highest BCUT2D eigenvalue weighted by molar-refractivity contribution is 6.61. The largest absolute Gasteiger partial charge is 0.479 e. The number of rotatable bonds is 11. The minimum atomic E-state index is -1.18. The Kier molecular flexibility index (Phi) is 10.9. The topological polar surface area (TPSA) is 102 Å². The number of carboxylic acids is 1. The second kappa shape index (κ2) is 11.8. The molecule has 0 saturated heterocycles. The third-order valence-corrected chi connectivity index (χ3v) is 3.14. The van der Waals surface area contributed by atoms with Gasteiger partial charge >= 0.3 is 17.5 Å². The van der Waals surface area contributed by atoms with E-state index in [0.717, 1.165) is 25.7 Å². The predicted octanol–water partition coefficient (Wildman–Crippen LogP) is 3.46. The molecule has 2 N–H and O–H groups in total. The molecule has 0 aromatic carbocycles. The lowest BCUT2D eigenvalue weighted by molar-refractivity contribution is -0.138. The van der Waals surface area contributed by atoms with Gasteiger partial charge in [-0.1, -0.05) is 19.4 Å². The molecule has 0 fully saturated rings. The molecule has 7 nitrogen and oxygen atoms in total. The minimum Gasteiger partial charge on any atom is -0.479 e. The van der Waals surface area contributed by atoms with Crippen LogP contribution in [0.4, 0.5) is 9.59 Å². The van der Waals surface area contributed by atoms with Crippen molar-refractivity contribution in [1.29, 1.82) is 0 Å². The number of alkyl carbamates (subject to hydrolysis) is 1. The van der Waals surface area contributed by atoms with Crippen LogP contribution in [0, 0.1) is 0 Å². The molecule has 0 aliphatic rings. The van der Waals surface area contributed by atoms with E-state index in [9.17, 15) is 14.4 Å². The van der Waals surface area contributed by atoms with E-state index in [1.54, 1.807) is 6.92 Å². The number of nitrogens with one attached hydrogen (secondary N) is 1. The summed E-state index contributed by atoms with van der Waals surface area (Å²) in [4.78, 5) is 32.9. The molecule has 0 aliphatic heterocycles. The van der Waals surface area contributed by atoms with Crippen molar-refractivity contribution in [3.8, 4) is 0 Å². The van der Waals surface area contributed by atoms with E-state index in [1.807, 2.05) is 0 Å². The lowest BCUT2D eigenvalue weighted by Crippen LogP contribution is -2.42. The predicted molar refractivity (Wildman–Crippen MR) is 85.6 cm³/mol. The first-order valence-electron chi connectivity index (χ1n) is 7.41. The molecule has 0 radical (unpaired) electrons. The van der Waals surface area contributed by atoms with E-state index in [0.29, 0.717) is 18.6 Å². The molecule has 0 saturated carbocycles. The van der Waals surface area contributed by atoms with Crippen molar-refractivity contribution in [3.05, 3.63) is 12.2 Å². The summed E-state index contributed by atoms with van der Waals surface area (Å²) in [5, 5.41) is 11.2. The van der Waals surface area contributed by atoms with E-state index in [4.69, 9.17) is 21.4 Å². The average molecular weight is 350 g/mol. The van der Waals surface area contributed by atoms with Gasteiger partial charge in [0.15, 0.2) is 6.04 Å². The Labute approximate surface area is 141 Å². The van der Waals surface area contributed by atoms with Gasteiger partial charge in [0.05, 0.1) is 6.61 Å². The highest BCUT2D eigenvalue weighted by Gasteiger charge is 2.22. The molecule has 132 valence electrons. The third-order valence-electron chi connectivity index (χ3n) is 3.03. The molecule has 2 atom stereocenters. The van der Waals surface area contributed by atoms with Gasteiger partial charge in [-0.25, -0.2) is 14.4 Å². The van der Waals surface area contributed by atoms with E-state index in [1.165, 1.54) is 6.92 Å². The molecule has 1 amide bonds. The van der Waals surface area contributed by atoms with Gasteiger partial charge in [0.2, 0.25) is 0 Å². The first-order chi connectivity index (χ1) is 10.7. The van der Waals surface area contributed by atoms with Crippen molar-refractivity contribution in [2.24, 2.45) is 0 Å². The summed E-state index contributed by atoms with van der Waals surface area (Å²) in [6, 6.07) is -1.15. The number of unbranched alkanes of at least 4 members (excludes halogenated alkanes) is 3. The Balaban J connectivity index is 3.82. The zero-order chi connectivity index (χ0) is 17.8. The number of carbonyl (C=O) groups is 3. The number of carbonyl (C=O) groups excluding carboxylic acids is 2. The molecule has 0 aliphatic carbocycles. The number of aliphatic carboxylic acids is 1. The van der Waals surface area contributed by atoms with Crippen molar-refractivity contribution < 1.29 is 29.0 Å². The van der Waals surface area contributed by atoms with Crippen LogP contribution in [0.25, 0.3) is 0 Å². The van der Waals surface area contributed by atoms with Crippen LogP contribution in [0.3, 0.4) is 0 Å². The second-order valence-electron chi connectivity index (χ2n) is 5.27. The summed E-state index contributed by atoms with van der Waals surface area (Å²) in [6.45, 7) is 7.07. The molecular formula is C15H24ClNO6. The summed E-state index contributed by atoms with van der Waals surface area (Å²) >= 11 is 5.03. The van der Waals surface area contributed by atoms with Crippen LogP contribution in [0.15, 0.2) is 12.2 Å². The summed E-state index contributed by atoms with van der Waals surface area (Å²) in [5.74, 6) is -1.18. The minimum absolute atomic E-state index is 0.300. The molecule has 0 aromatic heterocycles. The van der Waals surface area contributed by atoms with E-state index in [-0.39, 0.29) is 6.10 Å². The Morgan fingerprint density at radius 2 is 1.83 bits per heavy atom. The van der Waals surface area contributed by atoms with Crippen LogP contribution in [0.5, 0.6) is 0 Å². The molecule has 23 heavy (non-hydrogen) atoms. The number of halogens is 1. The van der Waals surface area contributed by atoms with Crippen molar-refractivity contribution in [2.45, 2.75) is 58.1 Å². The highest BCUT2D eigenvalue weighted by Crippen LogP contribution is 2.09. The first kappa shape index (κ1) is 21.2. The lowest BCUT2D eigenvalue weighted by atomic mass is 10.1. The van der Waals surface area contributed by atoms with Crippen molar-refractivity contribution in [1.82, 2.24) is 5.32 Å². The average Bonchev–Trinajstić information content (AvgIpc) is 2.42. The third kappa shape index (κ3) is 11.5. The van der Waals surface area contributed by atoms with Crippen LogP contribution >= 0.6 is 11.6 Å². The normalized spacial score (nSPS) is 12.8. The fourth-order valence-corrected chi connectivity index (χ4v) is 1.91. The lowest BCUT2D eigenvalue weighted by Gasteiger charge is -2.17. The van der Waals surface area contributed by atoms with Crippen LogP contribution in [0.2, 0.25) is 0 Å². The molecule has 8 heteroatoms. The zero-order valence-corrected chi connectivity index (χ0v) is 14.2.